The van der Waals surface area contributed by atoms with Crippen LogP contribution in [-0.2, 0) is 4.79 Å². The summed E-state index contributed by atoms with van der Waals surface area (Å²) < 4.78 is 1.55. The molecule has 1 amide bonds. The van der Waals surface area contributed by atoms with E-state index in [1.807, 2.05) is 6.07 Å². The summed E-state index contributed by atoms with van der Waals surface area (Å²) in [6, 6.07) is 5.37. The van der Waals surface area contributed by atoms with Gasteiger partial charge in [-0.25, -0.2) is 9.67 Å². The van der Waals surface area contributed by atoms with Crippen LogP contribution in [-0.4, -0.2) is 33.8 Å². The highest BCUT2D eigenvalue weighted by Crippen LogP contribution is 2.29. The van der Waals surface area contributed by atoms with Crippen molar-refractivity contribution < 1.29 is 4.79 Å². The smallest absolute Gasteiger partial charge is 0.229 e. The van der Waals surface area contributed by atoms with Crippen LogP contribution in [0.25, 0.3) is 5.69 Å². The Morgan fingerprint density at radius 1 is 1.48 bits per heavy atom. The van der Waals surface area contributed by atoms with E-state index in [0.29, 0.717) is 28.9 Å². The standard InChI is InChI=1S/C14H16ClN5O/c1-9-5-16-6-10(9)14(21)19-12-4-2-3-11(15)13(12)20-8-17-7-18-20/h2-4,7-10,16H,5-6H2,1H3,(H,19,21). The maximum atomic E-state index is 12.4. The van der Waals surface area contributed by atoms with E-state index in [0.717, 1.165) is 6.54 Å². The Hall–Kier alpha value is -1.92. The van der Waals surface area contributed by atoms with Crippen molar-refractivity contribution in [2.45, 2.75) is 6.92 Å². The third-order valence-electron chi connectivity index (χ3n) is 3.75. The molecule has 1 saturated heterocycles. The van der Waals surface area contributed by atoms with Gasteiger partial charge in [0, 0.05) is 6.54 Å². The van der Waals surface area contributed by atoms with Gasteiger partial charge < -0.3 is 10.6 Å². The molecule has 110 valence electrons. The van der Waals surface area contributed by atoms with Crippen LogP contribution in [0.4, 0.5) is 5.69 Å². The lowest BCUT2D eigenvalue weighted by Crippen LogP contribution is -2.28. The van der Waals surface area contributed by atoms with Crippen LogP contribution in [0.2, 0.25) is 5.02 Å². The van der Waals surface area contributed by atoms with Gasteiger partial charge in [-0.1, -0.05) is 24.6 Å². The first-order valence-corrected chi connectivity index (χ1v) is 7.19. The van der Waals surface area contributed by atoms with Gasteiger partial charge in [0.1, 0.15) is 18.3 Å². The molecule has 2 aromatic rings. The first kappa shape index (κ1) is 14.0. The second-order valence-electron chi connectivity index (χ2n) is 5.21. The largest absolute Gasteiger partial charge is 0.324 e. The molecule has 2 atom stereocenters. The van der Waals surface area contributed by atoms with Crippen molar-refractivity contribution >= 4 is 23.2 Å². The van der Waals surface area contributed by atoms with E-state index < -0.39 is 0 Å². The highest BCUT2D eigenvalue weighted by molar-refractivity contribution is 6.33. The minimum absolute atomic E-state index is 0.00358. The maximum Gasteiger partial charge on any atom is 0.229 e. The molecule has 1 aliphatic heterocycles. The summed E-state index contributed by atoms with van der Waals surface area (Å²) in [5.74, 6) is 0.280. The number of rotatable bonds is 3. The van der Waals surface area contributed by atoms with Gasteiger partial charge >= 0.3 is 0 Å². The van der Waals surface area contributed by atoms with Crippen molar-refractivity contribution in [1.29, 1.82) is 0 Å². The SMILES string of the molecule is CC1CNCC1C(=O)Nc1cccc(Cl)c1-n1cncn1. The Kier molecular flexibility index (Phi) is 3.90. The second kappa shape index (κ2) is 5.83. The van der Waals surface area contributed by atoms with Crippen molar-refractivity contribution in [2.24, 2.45) is 11.8 Å². The van der Waals surface area contributed by atoms with Gasteiger partial charge in [-0.05, 0) is 24.6 Å². The van der Waals surface area contributed by atoms with E-state index in [-0.39, 0.29) is 11.8 Å². The average molecular weight is 306 g/mol. The molecule has 0 radical (unpaired) electrons. The van der Waals surface area contributed by atoms with Crippen LogP contribution in [0.5, 0.6) is 0 Å². The number of amides is 1. The number of hydrogen-bond acceptors (Lipinski definition) is 4. The van der Waals surface area contributed by atoms with Crippen LogP contribution in [0.1, 0.15) is 6.92 Å². The topological polar surface area (TPSA) is 71.8 Å². The van der Waals surface area contributed by atoms with Gasteiger partial charge in [-0.15, -0.1) is 0 Å². The van der Waals surface area contributed by atoms with E-state index in [2.05, 4.69) is 27.6 Å². The molecule has 0 spiro atoms. The second-order valence-corrected chi connectivity index (χ2v) is 5.61. The molecule has 2 unspecified atom stereocenters. The predicted octanol–water partition coefficient (Wildman–Crippen LogP) is 1.71. The van der Waals surface area contributed by atoms with Crippen LogP contribution < -0.4 is 10.6 Å². The van der Waals surface area contributed by atoms with E-state index in [4.69, 9.17) is 11.6 Å². The molecule has 1 aromatic heterocycles. The number of nitrogens with zero attached hydrogens (tertiary/aromatic N) is 3. The summed E-state index contributed by atoms with van der Waals surface area (Å²) >= 11 is 6.24. The highest BCUT2D eigenvalue weighted by atomic mass is 35.5. The van der Waals surface area contributed by atoms with E-state index in [9.17, 15) is 4.79 Å². The first-order valence-electron chi connectivity index (χ1n) is 6.82. The lowest BCUT2D eigenvalue weighted by atomic mass is 9.97. The molecule has 7 heteroatoms. The quantitative estimate of drug-likeness (QED) is 0.905. The normalized spacial score (nSPS) is 21.4. The lowest BCUT2D eigenvalue weighted by molar-refractivity contribution is -0.120. The van der Waals surface area contributed by atoms with E-state index in [1.54, 1.807) is 23.1 Å². The molecule has 1 aliphatic rings. The number of halogens is 1. The summed E-state index contributed by atoms with van der Waals surface area (Å²) in [6.07, 6.45) is 2.98. The highest BCUT2D eigenvalue weighted by Gasteiger charge is 2.30. The van der Waals surface area contributed by atoms with Gasteiger partial charge in [0.25, 0.3) is 0 Å². The number of hydrogen-bond donors (Lipinski definition) is 2. The Morgan fingerprint density at radius 3 is 3.00 bits per heavy atom. The number of benzene rings is 1. The Labute approximate surface area is 127 Å². The predicted molar refractivity (Wildman–Crippen MR) is 80.5 cm³/mol. The van der Waals surface area contributed by atoms with E-state index >= 15 is 0 Å². The van der Waals surface area contributed by atoms with Crippen molar-refractivity contribution in [3.8, 4) is 5.69 Å². The van der Waals surface area contributed by atoms with Crippen molar-refractivity contribution in [3.05, 3.63) is 35.9 Å². The van der Waals surface area contributed by atoms with Crippen LogP contribution in [0.15, 0.2) is 30.9 Å². The first-order chi connectivity index (χ1) is 10.2. The molecule has 0 saturated carbocycles. The molecule has 6 nitrogen and oxygen atoms in total. The molecule has 0 bridgehead atoms. The monoisotopic (exact) mass is 305 g/mol. The fourth-order valence-corrected chi connectivity index (χ4v) is 2.82. The average Bonchev–Trinajstić information content (AvgIpc) is 3.10. The summed E-state index contributed by atoms with van der Waals surface area (Å²) in [4.78, 5) is 16.3. The number of anilines is 1. The van der Waals surface area contributed by atoms with Crippen molar-refractivity contribution in [2.75, 3.05) is 18.4 Å². The Morgan fingerprint density at radius 2 is 2.33 bits per heavy atom. The van der Waals surface area contributed by atoms with Gasteiger partial charge in [-0.3, -0.25) is 4.79 Å². The summed E-state index contributed by atoms with van der Waals surface area (Å²) in [5.41, 5.74) is 1.26. The number of aromatic nitrogens is 3. The molecule has 21 heavy (non-hydrogen) atoms. The number of carbonyl (C=O) groups is 1. The van der Waals surface area contributed by atoms with Crippen LogP contribution >= 0.6 is 11.6 Å². The van der Waals surface area contributed by atoms with Crippen LogP contribution in [0, 0.1) is 11.8 Å². The van der Waals surface area contributed by atoms with Crippen LogP contribution in [0.3, 0.4) is 0 Å². The van der Waals surface area contributed by atoms with E-state index in [1.165, 1.54) is 6.33 Å². The summed E-state index contributed by atoms with van der Waals surface area (Å²) in [6.45, 7) is 3.64. The summed E-state index contributed by atoms with van der Waals surface area (Å²) in [7, 11) is 0. The van der Waals surface area contributed by atoms with Gasteiger partial charge in [0.2, 0.25) is 5.91 Å². The van der Waals surface area contributed by atoms with Gasteiger partial charge in [0.05, 0.1) is 16.6 Å². The van der Waals surface area contributed by atoms with Crippen molar-refractivity contribution in [3.63, 3.8) is 0 Å². The molecule has 1 fully saturated rings. The molecular weight excluding hydrogens is 290 g/mol. The van der Waals surface area contributed by atoms with Gasteiger partial charge in [0.15, 0.2) is 0 Å². The Bertz CT molecular complexity index is 643. The fourth-order valence-electron chi connectivity index (χ4n) is 2.56. The Balaban J connectivity index is 1.89. The third-order valence-corrected chi connectivity index (χ3v) is 4.05. The van der Waals surface area contributed by atoms with Crippen molar-refractivity contribution in [1.82, 2.24) is 20.1 Å². The molecular formula is C14H16ClN5O. The third kappa shape index (κ3) is 2.77. The maximum absolute atomic E-state index is 12.4. The zero-order valence-electron chi connectivity index (χ0n) is 11.6. The lowest BCUT2D eigenvalue weighted by Gasteiger charge is -2.17. The van der Waals surface area contributed by atoms with Gasteiger partial charge in [-0.2, -0.15) is 5.10 Å². The minimum Gasteiger partial charge on any atom is -0.324 e. The number of carbonyl (C=O) groups excluding carboxylic acids is 1. The molecule has 2 N–H and O–H groups in total. The molecule has 2 heterocycles. The number of para-hydroxylation sites is 1. The molecule has 0 aliphatic carbocycles. The molecule has 3 rings (SSSR count). The number of nitrogens with one attached hydrogen (secondary N) is 2. The zero-order chi connectivity index (χ0) is 14.8. The zero-order valence-corrected chi connectivity index (χ0v) is 12.3. The summed E-state index contributed by atoms with van der Waals surface area (Å²) in [5, 5.41) is 10.8. The fraction of sp³-hybridized carbons (Fsp3) is 0.357. The molecule has 1 aromatic carbocycles. The minimum atomic E-state index is -0.0346.